The molecule has 0 amide bonds. The first-order valence-electron chi connectivity index (χ1n) is 6.66. The van der Waals surface area contributed by atoms with E-state index in [1.165, 1.54) is 19.3 Å². The molecule has 2 rings (SSSR count). The Kier molecular flexibility index (Phi) is 4.01. The Balaban J connectivity index is 2.21. The zero-order chi connectivity index (χ0) is 12.1. The fourth-order valence-electron chi connectivity index (χ4n) is 2.62. The van der Waals surface area contributed by atoms with E-state index < -0.39 is 5.60 Å². The van der Waals surface area contributed by atoms with E-state index in [4.69, 9.17) is 0 Å². The molecule has 1 aliphatic carbocycles. The molecule has 0 heterocycles. The summed E-state index contributed by atoms with van der Waals surface area (Å²) in [5.41, 5.74) is 0.282. The molecule has 1 aromatic rings. The molecule has 2 atom stereocenters. The molecule has 0 bridgehead atoms. The van der Waals surface area contributed by atoms with Gasteiger partial charge in [-0.1, -0.05) is 55.3 Å². The summed E-state index contributed by atoms with van der Waals surface area (Å²) in [4.78, 5) is 0. The normalized spacial score (nSPS) is 26.6. The molecule has 0 unspecified atom stereocenters. The zero-order valence-corrected chi connectivity index (χ0v) is 10.6. The van der Waals surface area contributed by atoms with Gasteiger partial charge in [0.15, 0.2) is 0 Å². The largest absolute Gasteiger partial charge is 0.385 e. The van der Waals surface area contributed by atoms with Crippen LogP contribution in [0.1, 0.15) is 44.6 Å². The maximum absolute atomic E-state index is 10.8. The van der Waals surface area contributed by atoms with E-state index in [-0.39, 0.29) is 5.92 Å². The lowest BCUT2D eigenvalue weighted by Gasteiger charge is -2.32. The van der Waals surface area contributed by atoms with E-state index in [0.29, 0.717) is 0 Å². The van der Waals surface area contributed by atoms with Crippen molar-refractivity contribution >= 4 is 0 Å². The average Bonchev–Trinajstić information content (AvgIpc) is 2.29. The maximum Gasteiger partial charge on any atom is 0.0930 e. The second-order valence-corrected chi connectivity index (χ2v) is 5.19. The molecule has 0 spiro atoms. The van der Waals surface area contributed by atoms with E-state index in [2.05, 4.69) is 12.2 Å². The van der Waals surface area contributed by atoms with Crippen molar-refractivity contribution in [3.8, 4) is 0 Å². The van der Waals surface area contributed by atoms with Gasteiger partial charge in [-0.15, -0.1) is 0 Å². The number of rotatable bonds is 2. The van der Waals surface area contributed by atoms with E-state index >= 15 is 0 Å². The lowest BCUT2D eigenvalue weighted by Crippen LogP contribution is -2.30. The minimum absolute atomic E-state index is 0.241. The van der Waals surface area contributed by atoms with Gasteiger partial charge in [0.05, 0.1) is 5.60 Å². The Hall–Kier alpha value is -1.08. The second kappa shape index (κ2) is 5.50. The first-order chi connectivity index (χ1) is 8.21. The number of hydrogen-bond donors (Lipinski definition) is 1. The number of benzene rings is 1. The van der Waals surface area contributed by atoms with E-state index in [1.54, 1.807) is 0 Å². The monoisotopic (exact) mass is 230 g/mol. The topological polar surface area (TPSA) is 20.2 Å². The Bertz CT molecular complexity index is 364. The predicted octanol–water partition coefficient (Wildman–Crippen LogP) is 4.03. The van der Waals surface area contributed by atoms with Crippen molar-refractivity contribution in [3.63, 3.8) is 0 Å². The van der Waals surface area contributed by atoms with Gasteiger partial charge in [0.1, 0.15) is 0 Å². The summed E-state index contributed by atoms with van der Waals surface area (Å²) in [5.74, 6) is 0.241. The lowest BCUT2D eigenvalue weighted by molar-refractivity contribution is 0.00884. The van der Waals surface area contributed by atoms with Crippen molar-refractivity contribution in [2.24, 2.45) is 5.92 Å². The van der Waals surface area contributed by atoms with Gasteiger partial charge in [0.25, 0.3) is 0 Å². The summed E-state index contributed by atoms with van der Waals surface area (Å²) in [5, 5.41) is 10.8. The summed E-state index contributed by atoms with van der Waals surface area (Å²) in [6.45, 7) is 1.94. The molecule has 1 nitrogen and oxygen atoms in total. The van der Waals surface area contributed by atoms with Crippen molar-refractivity contribution < 1.29 is 5.11 Å². The predicted molar refractivity (Wildman–Crippen MR) is 71.7 cm³/mol. The van der Waals surface area contributed by atoms with E-state index in [0.717, 1.165) is 18.4 Å². The quantitative estimate of drug-likeness (QED) is 0.760. The van der Waals surface area contributed by atoms with Crippen LogP contribution in [0.15, 0.2) is 42.5 Å². The third kappa shape index (κ3) is 2.98. The van der Waals surface area contributed by atoms with E-state index in [1.807, 2.05) is 37.3 Å². The van der Waals surface area contributed by atoms with Crippen LogP contribution in [0.25, 0.3) is 0 Å². The summed E-state index contributed by atoms with van der Waals surface area (Å²) in [7, 11) is 0. The van der Waals surface area contributed by atoms with Crippen LogP contribution in [-0.2, 0) is 5.60 Å². The van der Waals surface area contributed by atoms with Crippen molar-refractivity contribution in [1.29, 1.82) is 0 Å². The first-order valence-corrected chi connectivity index (χ1v) is 6.66. The molecule has 0 saturated carbocycles. The minimum atomic E-state index is -0.741. The van der Waals surface area contributed by atoms with Gasteiger partial charge in [0, 0.05) is 5.92 Å². The molecule has 1 aliphatic rings. The molecule has 1 aromatic carbocycles. The van der Waals surface area contributed by atoms with Crippen molar-refractivity contribution in [2.45, 2.75) is 44.6 Å². The van der Waals surface area contributed by atoms with Crippen molar-refractivity contribution in [1.82, 2.24) is 0 Å². The zero-order valence-electron chi connectivity index (χ0n) is 10.6. The average molecular weight is 230 g/mol. The third-order valence-electron chi connectivity index (χ3n) is 3.83. The molecule has 1 N–H and O–H groups in total. The third-order valence-corrected chi connectivity index (χ3v) is 3.83. The highest BCUT2D eigenvalue weighted by Crippen LogP contribution is 2.34. The Morgan fingerprint density at radius 2 is 1.88 bits per heavy atom. The molecule has 0 aromatic heterocycles. The SMILES string of the molecule is C[C@](O)(c1ccccc1)[C@@H]1/C=C\CCCCC1. The highest BCUT2D eigenvalue weighted by atomic mass is 16.3. The summed E-state index contributed by atoms with van der Waals surface area (Å²) in [6, 6.07) is 10.0. The molecule has 0 saturated heterocycles. The summed E-state index contributed by atoms with van der Waals surface area (Å²) in [6.07, 6.45) is 10.5. The minimum Gasteiger partial charge on any atom is -0.385 e. The number of hydrogen-bond acceptors (Lipinski definition) is 1. The summed E-state index contributed by atoms with van der Waals surface area (Å²) >= 11 is 0. The van der Waals surface area contributed by atoms with Gasteiger partial charge in [-0.2, -0.15) is 0 Å². The Morgan fingerprint density at radius 1 is 1.12 bits per heavy atom. The van der Waals surface area contributed by atoms with Gasteiger partial charge in [0.2, 0.25) is 0 Å². The van der Waals surface area contributed by atoms with E-state index in [9.17, 15) is 5.11 Å². The Labute approximate surface area is 104 Å². The summed E-state index contributed by atoms with van der Waals surface area (Å²) < 4.78 is 0. The molecule has 92 valence electrons. The lowest BCUT2D eigenvalue weighted by atomic mass is 9.79. The second-order valence-electron chi connectivity index (χ2n) is 5.19. The van der Waals surface area contributed by atoms with Gasteiger partial charge in [-0.3, -0.25) is 0 Å². The highest BCUT2D eigenvalue weighted by Gasteiger charge is 2.31. The first kappa shape index (κ1) is 12.4. The number of allylic oxidation sites excluding steroid dienone is 1. The standard InChI is InChI=1S/C16H22O/c1-16(17,15-12-8-5-9-13-15)14-10-6-3-2-4-7-11-14/h5-6,8-10,12-14,17H,2-4,7,11H2,1H3/b10-6-/t14-,16-/m1/s1. The van der Waals surface area contributed by atoms with Gasteiger partial charge in [-0.05, 0) is 31.7 Å². The molecule has 17 heavy (non-hydrogen) atoms. The van der Waals surface area contributed by atoms with Crippen LogP contribution in [-0.4, -0.2) is 5.11 Å². The molecule has 0 aliphatic heterocycles. The van der Waals surface area contributed by atoms with Crippen LogP contribution < -0.4 is 0 Å². The van der Waals surface area contributed by atoms with Gasteiger partial charge >= 0.3 is 0 Å². The highest BCUT2D eigenvalue weighted by molar-refractivity contribution is 5.24. The van der Waals surface area contributed by atoms with Gasteiger partial charge in [-0.25, -0.2) is 0 Å². The van der Waals surface area contributed by atoms with Crippen LogP contribution in [0, 0.1) is 5.92 Å². The van der Waals surface area contributed by atoms with Crippen LogP contribution >= 0.6 is 0 Å². The van der Waals surface area contributed by atoms with Crippen LogP contribution in [0.3, 0.4) is 0 Å². The maximum atomic E-state index is 10.8. The molecule has 1 heteroatoms. The fraction of sp³-hybridized carbons (Fsp3) is 0.500. The number of aliphatic hydroxyl groups is 1. The molecular weight excluding hydrogens is 208 g/mol. The molecule has 0 radical (unpaired) electrons. The smallest absolute Gasteiger partial charge is 0.0930 e. The molecule has 0 fully saturated rings. The fourth-order valence-corrected chi connectivity index (χ4v) is 2.62. The van der Waals surface area contributed by atoms with Gasteiger partial charge < -0.3 is 5.11 Å². The Morgan fingerprint density at radius 3 is 2.65 bits per heavy atom. The van der Waals surface area contributed by atoms with Crippen LogP contribution in [0.2, 0.25) is 0 Å². The van der Waals surface area contributed by atoms with Crippen molar-refractivity contribution in [3.05, 3.63) is 48.0 Å². The van der Waals surface area contributed by atoms with Crippen LogP contribution in [0.4, 0.5) is 0 Å². The van der Waals surface area contributed by atoms with Crippen LogP contribution in [0.5, 0.6) is 0 Å². The van der Waals surface area contributed by atoms with Crippen molar-refractivity contribution in [2.75, 3.05) is 0 Å². The molecular formula is C16H22O.